The lowest BCUT2D eigenvalue weighted by atomic mass is 9.92. The standard InChI is InChI=1S/C10H10F2/c11-9-5-7-3-1-2-4-8(7)6-10(9)12/h5-6H,1-4H2. The van der Waals surface area contributed by atoms with Crippen molar-refractivity contribution in [1.82, 2.24) is 0 Å². The summed E-state index contributed by atoms with van der Waals surface area (Å²) in [6, 6.07) is 2.67. The minimum Gasteiger partial charge on any atom is -0.204 e. The molecule has 12 heavy (non-hydrogen) atoms. The molecule has 0 aliphatic heterocycles. The van der Waals surface area contributed by atoms with E-state index in [1.807, 2.05) is 0 Å². The molecule has 1 aromatic rings. The Hall–Kier alpha value is -0.920. The van der Waals surface area contributed by atoms with Gasteiger partial charge in [0.2, 0.25) is 0 Å². The zero-order valence-corrected chi connectivity index (χ0v) is 6.74. The summed E-state index contributed by atoms with van der Waals surface area (Å²) in [6.45, 7) is 0. The van der Waals surface area contributed by atoms with Gasteiger partial charge in [-0.1, -0.05) is 0 Å². The lowest BCUT2D eigenvalue weighted by Gasteiger charge is -2.15. The second kappa shape index (κ2) is 2.85. The van der Waals surface area contributed by atoms with Crippen molar-refractivity contribution >= 4 is 0 Å². The Balaban J connectivity index is 2.49. The molecule has 1 aliphatic carbocycles. The molecule has 0 radical (unpaired) electrons. The Kier molecular flexibility index (Phi) is 1.83. The minimum atomic E-state index is -0.712. The number of hydrogen-bond donors (Lipinski definition) is 0. The van der Waals surface area contributed by atoms with E-state index in [0.717, 1.165) is 36.8 Å². The van der Waals surface area contributed by atoms with Crippen LogP contribution in [0.15, 0.2) is 12.1 Å². The molecule has 1 aromatic carbocycles. The molecule has 0 amide bonds. The van der Waals surface area contributed by atoms with Gasteiger partial charge in [0.1, 0.15) is 0 Å². The summed E-state index contributed by atoms with van der Waals surface area (Å²) in [4.78, 5) is 0. The SMILES string of the molecule is Fc1cc2c(cc1F)CCCC2. The van der Waals surface area contributed by atoms with Gasteiger partial charge in [-0.3, -0.25) is 0 Å². The molecule has 0 saturated carbocycles. The van der Waals surface area contributed by atoms with E-state index in [9.17, 15) is 8.78 Å². The lowest BCUT2D eigenvalue weighted by molar-refractivity contribution is 0.501. The predicted octanol–water partition coefficient (Wildman–Crippen LogP) is 2.84. The Morgan fingerprint density at radius 3 is 1.67 bits per heavy atom. The van der Waals surface area contributed by atoms with Gasteiger partial charge in [-0.05, 0) is 48.9 Å². The Labute approximate surface area is 70.2 Å². The van der Waals surface area contributed by atoms with Gasteiger partial charge in [0, 0.05) is 0 Å². The van der Waals surface area contributed by atoms with Crippen LogP contribution in [-0.2, 0) is 12.8 Å². The topological polar surface area (TPSA) is 0 Å². The average molecular weight is 168 g/mol. The van der Waals surface area contributed by atoms with E-state index < -0.39 is 11.6 Å². The van der Waals surface area contributed by atoms with Crippen LogP contribution in [-0.4, -0.2) is 0 Å². The largest absolute Gasteiger partial charge is 0.204 e. The Bertz CT molecular complexity index is 274. The number of rotatable bonds is 0. The second-order valence-electron chi connectivity index (χ2n) is 3.24. The third-order valence-corrected chi connectivity index (χ3v) is 2.38. The van der Waals surface area contributed by atoms with Crippen molar-refractivity contribution in [1.29, 1.82) is 0 Å². The normalized spacial score (nSPS) is 15.8. The van der Waals surface area contributed by atoms with Crippen LogP contribution in [0.5, 0.6) is 0 Å². The highest BCUT2D eigenvalue weighted by Gasteiger charge is 2.12. The molecule has 0 saturated heterocycles. The number of fused-ring (bicyclic) bond motifs is 1. The highest BCUT2D eigenvalue weighted by atomic mass is 19.2. The smallest absolute Gasteiger partial charge is 0.159 e. The van der Waals surface area contributed by atoms with Crippen LogP contribution in [0.4, 0.5) is 8.78 Å². The Morgan fingerprint density at radius 2 is 1.25 bits per heavy atom. The predicted molar refractivity (Wildman–Crippen MR) is 43.0 cm³/mol. The molecular weight excluding hydrogens is 158 g/mol. The highest BCUT2D eigenvalue weighted by molar-refractivity contribution is 5.30. The highest BCUT2D eigenvalue weighted by Crippen LogP contribution is 2.23. The third kappa shape index (κ3) is 1.22. The molecular formula is C10H10F2. The second-order valence-corrected chi connectivity index (χ2v) is 3.24. The van der Waals surface area contributed by atoms with Crippen LogP contribution >= 0.6 is 0 Å². The first-order valence-electron chi connectivity index (χ1n) is 4.24. The Morgan fingerprint density at radius 1 is 0.833 bits per heavy atom. The van der Waals surface area contributed by atoms with Gasteiger partial charge >= 0.3 is 0 Å². The van der Waals surface area contributed by atoms with Gasteiger partial charge in [-0.15, -0.1) is 0 Å². The van der Waals surface area contributed by atoms with Crippen LogP contribution in [0.1, 0.15) is 24.0 Å². The molecule has 0 heterocycles. The fourth-order valence-electron chi connectivity index (χ4n) is 1.73. The summed E-state index contributed by atoms with van der Waals surface area (Å²) in [5.41, 5.74) is 1.97. The molecule has 2 heteroatoms. The van der Waals surface area contributed by atoms with E-state index >= 15 is 0 Å². The van der Waals surface area contributed by atoms with E-state index in [2.05, 4.69) is 0 Å². The van der Waals surface area contributed by atoms with E-state index in [0.29, 0.717) is 0 Å². The average Bonchev–Trinajstić information content (AvgIpc) is 2.07. The molecule has 0 nitrogen and oxygen atoms in total. The van der Waals surface area contributed by atoms with Crippen LogP contribution in [0.2, 0.25) is 0 Å². The van der Waals surface area contributed by atoms with Gasteiger partial charge in [0.05, 0.1) is 0 Å². The maximum absolute atomic E-state index is 12.7. The van der Waals surface area contributed by atoms with Crippen LogP contribution in [0, 0.1) is 11.6 Å². The van der Waals surface area contributed by atoms with Crippen LogP contribution in [0.25, 0.3) is 0 Å². The zero-order valence-electron chi connectivity index (χ0n) is 6.74. The first-order chi connectivity index (χ1) is 5.77. The van der Waals surface area contributed by atoms with Crippen molar-refractivity contribution in [2.45, 2.75) is 25.7 Å². The molecule has 0 fully saturated rings. The molecule has 64 valence electrons. The number of halogens is 2. The molecule has 0 bridgehead atoms. The van der Waals surface area contributed by atoms with Gasteiger partial charge < -0.3 is 0 Å². The monoisotopic (exact) mass is 168 g/mol. The van der Waals surface area contributed by atoms with Crippen molar-refractivity contribution in [2.75, 3.05) is 0 Å². The van der Waals surface area contributed by atoms with E-state index in [1.165, 1.54) is 12.1 Å². The first kappa shape index (κ1) is 7.71. The minimum absolute atomic E-state index is 0.712. The summed E-state index contributed by atoms with van der Waals surface area (Å²) in [6.07, 6.45) is 3.98. The van der Waals surface area contributed by atoms with E-state index in [1.54, 1.807) is 0 Å². The zero-order chi connectivity index (χ0) is 8.55. The summed E-state index contributed by atoms with van der Waals surface area (Å²) in [5.74, 6) is -1.42. The van der Waals surface area contributed by atoms with Crippen LogP contribution < -0.4 is 0 Å². The quantitative estimate of drug-likeness (QED) is 0.558. The summed E-state index contributed by atoms with van der Waals surface area (Å²) >= 11 is 0. The summed E-state index contributed by atoms with van der Waals surface area (Å²) < 4.78 is 25.5. The van der Waals surface area contributed by atoms with E-state index in [4.69, 9.17) is 0 Å². The van der Waals surface area contributed by atoms with Gasteiger partial charge in [0.15, 0.2) is 11.6 Å². The number of aryl methyl sites for hydroxylation is 2. The molecule has 2 rings (SSSR count). The van der Waals surface area contributed by atoms with Crippen molar-refractivity contribution < 1.29 is 8.78 Å². The fourth-order valence-corrected chi connectivity index (χ4v) is 1.73. The van der Waals surface area contributed by atoms with Gasteiger partial charge in [0.25, 0.3) is 0 Å². The molecule has 1 aliphatic rings. The maximum atomic E-state index is 12.7. The molecule has 0 atom stereocenters. The third-order valence-electron chi connectivity index (χ3n) is 2.38. The maximum Gasteiger partial charge on any atom is 0.159 e. The van der Waals surface area contributed by atoms with Gasteiger partial charge in [-0.25, -0.2) is 8.78 Å². The molecule has 0 unspecified atom stereocenters. The van der Waals surface area contributed by atoms with Crippen LogP contribution in [0.3, 0.4) is 0 Å². The number of benzene rings is 1. The van der Waals surface area contributed by atoms with Crippen molar-refractivity contribution in [3.8, 4) is 0 Å². The number of hydrogen-bond acceptors (Lipinski definition) is 0. The molecule has 0 spiro atoms. The van der Waals surface area contributed by atoms with Crippen molar-refractivity contribution in [3.05, 3.63) is 34.9 Å². The van der Waals surface area contributed by atoms with Crippen molar-refractivity contribution in [2.24, 2.45) is 0 Å². The summed E-state index contributed by atoms with van der Waals surface area (Å²) in [7, 11) is 0. The molecule has 0 N–H and O–H groups in total. The first-order valence-corrected chi connectivity index (χ1v) is 4.24. The summed E-state index contributed by atoms with van der Waals surface area (Å²) in [5, 5.41) is 0. The van der Waals surface area contributed by atoms with Crippen molar-refractivity contribution in [3.63, 3.8) is 0 Å². The fraction of sp³-hybridized carbons (Fsp3) is 0.400. The lowest BCUT2D eigenvalue weighted by Crippen LogP contribution is -2.04. The van der Waals surface area contributed by atoms with E-state index in [-0.39, 0.29) is 0 Å². The van der Waals surface area contributed by atoms with Gasteiger partial charge in [-0.2, -0.15) is 0 Å². The molecule has 0 aromatic heterocycles.